The van der Waals surface area contributed by atoms with E-state index in [9.17, 15) is 4.79 Å². The lowest BCUT2D eigenvalue weighted by Crippen LogP contribution is -2.19. The summed E-state index contributed by atoms with van der Waals surface area (Å²) in [5.74, 6) is -0.0340. The Balaban J connectivity index is 0.00000242. The predicted octanol–water partition coefficient (Wildman–Crippen LogP) is 3.91. The molecule has 1 aromatic heterocycles. The molecule has 22 heavy (non-hydrogen) atoms. The van der Waals surface area contributed by atoms with Crippen molar-refractivity contribution in [2.24, 2.45) is 5.73 Å². The first kappa shape index (κ1) is 18.6. The Hall–Kier alpha value is -1.43. The van der Waals surface area contributed by atoms with E-state index in [4.69, 9.17) is 5.73 Å². The van der Waals surface area contributed by atoms with Crippen LogP contribution in [-0.2, 0) is 4.79 Å². The molecule has 6 heteroatoms. The van der Waals surface area contributed by atoms with E-state index in [0.717, 1.165) is 11.3 Å². The molecule has 0 radical (unpaired) electrons. The first-order valence-corrected chi connectivity index (χ1v) is 7.92. The van der Waals surface area contributed by atoms with Gasteiger partial charge < -0.3 is 11.1 Å². The standard InChI is InChI=1S/C16H21N3OS.ClH/c1-10-4-6-13(8-11(10)2)14-9-21-16(18-14)19-15(20)7-5-12(3)17;/h4,6,8-9,12H,5,7,17H2,1-3H3,(H,18,19,20);1H. The predicted molar refractivity (Wildman–Crippen MR) is 95.8 cm³/mol. The maximum absolute atomic E-state index is 11.8. The summed E-state index contributed by atoms with van der Waals surface area (Å²) in [6.45, 7) is 6.07. The number of carbonyl (C=O) groups excluding carboxylic acids is 1. The molecular formula is C16H22ClN3OS. The smallest absolute Gasteiger partial charge is 0.226 e. The second-order valence-corrected chi connectivity index (χ2v) is 6.26. The maximum Gasteiger partial charge on any atom is 0.226 e. The van der Waals surface area contributed by atoms with Gasteiger partial charge in [0.2, 0.25) is 5.91 Å². The van der Waals surface area contributed by atoms with Crippen LogP contribution in [-0.4, -0.2) is 16.9 Å². The number of hydrogen-bond donors (Lipinski definition) is 2. The molecule has 1 aromatic carbocycles. The number of benzene rings is 1. The van der Waals surface area contributed by atoms with Crippen molar-refractivity contribution in [1.29, 1.82) is 0 Å². The highest BCUT2D eigenvalue weighted by molar-refractivity contribution is 7.14. The van der Waals surface area contributed by atoms with Crippen LogP contribution in [0.4, 0.5) is 5.13 Å². The summed E-state index contributed by atoms with van der Waals surface area (Å²) in [5, 5.41) is 5.43. The van der Waals surface area contributed by atoms with Gasteiger partial charge in [0, 0.05) is 23.4 Å². The number of anilines is 1. The fraction of sp³-hybridized carbons (Fsp3) is 0.375. The van der Waals surface area contributed by atoms with Crippen LogP contribution in [0, 0.1) is 13.8 Å². The van der Waals surface area contributed by atoms with Gasteiger partial charge in [0.15, 0.2) is 5.13 Å². The molecule has 3 N–H and O–H groups in total. The van der Waals surface area contributed by atoms with E-state index in [1.165, 1.54) is 22.5 Å². The molecule has 0 saturated heterocycles. The first-order valence-electron chi connectivity index (χ1n) is 7.04. The average molecular weight is 340 g/mol. The van der Waals surface area contributed by atoms with Crippen molar-refractivity contribution in [3.63, 3.8) is 0 Å². The van der Waals surface area contributed by atoms with Crippen molar-refractivity contribution in [2.75, 3.05) is 5.32 Å². The highest BCUT2D eigenvalue weighted by Crippen LogP contribution is 2.26. The van der Waals surface area contributed by atoms with Gasteiger partial charge in [0.1, 0.15) is 0 Å². The summed E-state index contributed by atoms with van der Waals surface area (Å²) in [7, 11) is 0. The van der Waals surface area contributed by atoms with Crippen molar-refractivity contribution >= 4 is 34.8 Å². The van der Waals surface area contributed by atoms with Gasteiger partial charge in [-0.3, -0.25) is 4.79 Å². The van der Waals surface area contributed by atoms with E-state index >= 15 is 0 Å². The van der Waals surface area contributed by atoms with Gasteiger partial charge in [-0.2, -0.15) is 0 Å². The molecule has 2 aromatic rings. The lowest BCUT2D eigenvalue weighted by molar-refractivity contribution is -0.116. The van der Waals surface area contributed by atoms with Crippen molar-refractivity contribution in [3.8, 4) is 11.3 Å². The second-order valence-electron chi connectivity index (χ2n) is 5.40. The van der Waals surface area contributed by atoms with Gasteiger partial charge in [0.25, 0.3) is 0 Å². The molecule has 120 valence electrons. The van der Waals surface area contributed by atoms with Crippen molar-refractivity contribution in [2.45, 2.75) is 39.7 Å². The Kier molecular flexibility index (Phi) is 7.00. The molecule has 1 heterocycles. The molecule has 4 nitrogen and oxygen atoms in total. The fourth-order valence-corrected chi connectivity index (χ4v) is 2.64. The lowest BCUT2D eigenvalue weighted by Gasteiger charge is -2.04. The Morgan fingerprint density at radius 3 is 2.73 bits per heavy atom. The zero-order valence-corrected chi connectivity index (χ0v) is 14.7. The van der Waals surface area contributed by atoms with Crippen LogP contribution in [0.2, 0.25) is 0 Å². The zero-order valence-electron chi connectivity index (χ0n) is 13.1. The van der Waals surface area contributed by atoms with Gasteiger partial charge in [-0.1, -0.05) is 12.1 Å². The average Bonchev–Trinajstić information content (AvgIpc) is 2.88. The summed E-state index contributed by atoms with van der Waals surface area (Å²) in [5.41, 5.74) is 10.1. The number of nitrogens with two attached hydrogens (primary N) is 1. The molecule has 0 spiro atoms. The highest BCUT2D eigenvalue weighted by Gasteiger charge is 2.09. The van der Waals surface area contributed by atoms with Gasteiger partial charge in [-0.25, -0.2) is 4.98 Å². The number of aryl methyl sites for hydroxylation is 2. The zero-order chi connectivity index (χ0) is 15.4. The number of carbonyl (C=O) groups is 1. The topological polar surface area (TPSA) is 68.0 Å². The van der Waals surface area contributed by atoms with E-state index in [-0.39, 0.29) is 24.4 Å². The quantitative estimate of drug-likeness (QED) is 0.867. The fourth-order valence-electron chi connectivity index (χ4n) is 1.91. The number of hydrogen-bond acceptors (Lipinski definition) is 4. The minimum Gasteiger partial charge on any atom is -0.328 e. The van der Waals surface area contributed by atoms with E-state index in [1.807, 2.05) is 12.3 Å². The number of amides is 1. The largest absolute Gasteiger partial charge is 0.328 e. The lowest BCUT2D eigenvalue weighted by atomic mass is 10.1. The Labute approximate surface area is 141 Å². The Morgan fingerprint density at radius 1 is 1.36 bits per heavy atom. The van der Waals surface area contributed by atoms with E-state index < -0.39 is 0 Å². The minimum absolute atomic E-state index is 0. The molecule has 1 amide bonds. The van der Waals surface area contributed by atoms with Gasteiger partial charge in [0.05, 0.1) is 5.69 Å². The third-order valence-electron chi connectivity index (χ3n) is 3.38. The summed E-state index contributed by atoms with van der Waals surface area (Å²) < 4.78 is 0. The second kappa shape index (κ2) is 8.27. The van der Waals surface area contributed by atoms with Crippen LogP contribution in [0.3, 0.4) is 0 Å². The molecule has 0 bridgehead atoms. The number of nitrogens with zero attached hydrogens (tertiary/aromatic N) is 1. The van der Waals surface area contributed by atoms with Crippen LogP contribution in [0.5, 0.6) is 0 Å². The van der Waals surface area contributed by atoms with E-state index in [0.29, 0.717) is 18.0 Å². The van der Waals surface area contributed by atoms with Crippen molar-refractivity contribution in [1.82, 2.24) is 4.98 Å². The van der Waals surface area contributed by atoms with Crippen molar-refractivity contribution in [3.05, 3.63) is 34.7 Å². The SMILES string of the molecule is Cc1ccc(-c2csc(NC(=O)CCC(C)N)n2)cc1C.Cl. The van der Waals surface area contributed by atoms with Crippen LogP contribution in [0.15, 0.2) is 23.6 Å². The van der Waals surface area contributed by atoms with Crippen LogP contribution < -0.4 is 11.1 Å². The Bertz CT molecular complexity index is 640. The number of thiazole rings is 1. The van der Waals surface area contributed by atoms with Crippen LogP contribution in [0.1, 0.15) is 30.9 Å². The normalized spacial score (nSPS) is 11.6. The molecule has 0 fully saturated rings. The highest BCUT2D eigenvalue weighted by atomic mass is 35.5. The molecule has 2 rings (SSSR count). The molecule has 0 aliphatic rings. The summed E-state index contributed by atoms with van der Waals surface area (Å²) in [4.78, 5) is 16.2. The van der Waals surface area contributed by atoms with Gasteiger partial charge in [-0.15, -0.1) is 23.7 Å². The molecule has 1 unspecified atom stereocenters. The number of nitrogens with one attached hydrogen (secondary N) is 1. The van der Waals surface area contributed by atoms with E-state index in [1.54, 1.807) is 0 Å². The van der Waals surface area contributed by atoms with Gasteiger partial charge in [-0.05, 0) is 44.4 Å². The maximum atomic E-state index is 11.8. The number of halogens is 1. The van der Waals surface area contributed by atoms with Crippen molar-refractivity contribution < 1.29 is 4.79 Å². The molecule has 0 aliphatic heterocycles. The van der Waals surface area contributed by atoms with Gasteiger partial charge >= 0.3 is 0 Å². The number of aromatic nitrogens is 1. The summed E-state index contributed by atoms with van der Waals surface area (Å²) >= 11 is 1.44. The third-order valence-corrected chi connectivity index (χ3v) is 4.14. The van der Waals surface area contributed by atoms with E-state index in [2.05, 4.69) is 42.3 Å². The molecule has 0 saturated carbocycles. The monoisotopic (exact) mass is 339 g/mol. The Morgan fingerprint density at radius 2 is 2.09 bits per heavy atom. The first-order chi connectivity index (χ1) is 9.95. The third kappa shape index (κ3) is 5.09. The summed E-state index contributed by atoms with van der Waals surface area (Å²) in [6.07, 6.45) is 1.11. The molecule has 0 aliphatic carbocycles. The van der Waals surface area contributed by atoms with Crippen LogP contribution in [0.25, 0.3) is 11.3 Å². The molecule has 1 atom stereocenters. The summed E-state index contributed by atoms with van der Waals surface area (Å²) in [6, 6.07) is 6.30. The van der Waals surface area contributed by atoms with Crippen LogP contribution >= 0.6 is 23.7 Å². The number of rotatable bonds is 5. The minimum atomic E-state index is -0.0340. The molecular weight excluding hydrogens is 318 g/mol.